The minimum Gasteiger partial charge on any atom is -0.465 e. The van der Waals surface area contributed by atoms with Crippen LogP contribution in [0.3, 0.4) is 0 Å². The lowest BCUT2D eigenvalue weighted by molar-refractivity contribution is 0.0600. The highest BCUT2D eigenvalue weighted by Crippen LogP contribution is 2.30. The third-order valence-electron chi connectivity index (χ3n) is 4.57. The minimum absolute atomic E-state index is 0.338. The minimum atomic E-state index is -3.72. The molecule has 0 unspecified atom stereocenters. The number of carbonyl (C=O) groups is 1. The monoisotopic (exact) mass is 361 g/mol. The van der Waals surface area contributed by atoms with Crippen molar-refractivity contribution < 1.29 is 17.9 Å². The average Bonchev–Trinajstić information content (AvgIpc) is 2.58. The summed E-state index contributed by atoms with van der Waals surface area (Å²) < 4.78 is 32.3. The van der Waals surface area contributed by atoms with Crippen LogP contribution < -0.4 is 4.31 Å². The Bertz CT molecular complexity index is 889. The van der Waals surface area contributed by atoms with Crippen molar-refractivity contribution in [3.63, 3.8) is 0 Å². The van der Waals surface area contributed by atoms with Gasteiger partial charge in [0.25, 0.3) is 10.0 Å². The molecular formula is C19H23NO4S. The van der Waals surface area contributed by atoms with Crippen molar-refractivity contribution in [2.75, 3.05) is 18.5 Å². The molecule has 2 aromatic rings. The summed E-state index contributed by atoms with van der Waals surface area (Å²) in [6, 6.07) is 8.28. The van der Waals surface area contributed by atoms with E-state index in [0.29, 0.717) is 16.1 Å². The first-order chi connectivity index (χ1) is 11.6. The van der Waals surface area contributed by atoms with Crippen LogP contribution in [0.5, 0.6) is 0 Å². The fourth-order valence-corrected chi connectivity index (χ4v) is 4.54. The average molecular weight is 361 g/mol. The molecule has 0 saturated carbocycles. The standard InChI is InChI=1S/C19H23NO4S/c1-12-11-13(2)15(4)18(14(12)3)25(22,23)20(5)17-9-7-16(8-10-17)19(21)24-6/h7-11H,1-6H3. The summed E-state index contributed by atoms with van der Waals surface area (Å²) in [5, 5.41) is 0. The van der Waals surface area contributed by atoms with Gasteiger partial charge < -0.3 is 4.74 Å². The summed E-state index contributed by atoms with van der Waals surface area (Å²) >= 11 is 0. The molecule has 0 saturated heterocycles. The van der Waals surface area contributed by atoms with Gasteiger partial charge in [-0.1, -0.05) is 6.07 Å². The van der Waals surface area contributed by atoms with Crippen LogP contribution in [-0.2, 0) is 14.8 Å². The molecule has 0 radical (unpaired) electrons. The van der Waals surface area contributed by atoms with E-state index in [1.807, 2.05) is 33.8 Å². The van der Waals surface area contributed by atoms with E-state index in [9.17, 15) is 13.2 Å². The van der Waals surface area contributed by atoms with Crippen LogP contribution in [0.15, 0.2) is 35.2 Å². The molecular weight excluding hydrogens is 338 g/mol. The number of hydrogen-bond acceptors (Lipinski definition) is 4. The first-order valence-electron chi connectivity index (χ1n) is 7.86. The third kappa shape index (κ3) is 3.39. The molecule has 2 rings (SSSR count). The summed E-state index contributed by atoms with van der Waals surface area (Å²) in [4.78, 5) is 11.9. The zero-order valence-corrected chi connectivity index (χ0v) is 16.2. The van der Waals surface area contributed by atoms with Crippen molar-refractivity contribution >= 4 is 21.7 Å². The van der Waals surface area contributed by atoms with Crippen LogP contribution in [0, 0.1) is 27.7 Å². The Hall–Kier alpha value is -2.34. The van der Waals surface area contributed by atoms with Crippen LogP contribution in [0.1, 0.15) is 32.6 Å². The number of aryl methyl sites for hydroxylation is 2. The first-order valence-corrected chi connectivity index (χ1v) is 9.30. The predicted octanol–water partition coefficient (Wildman–Crippen LogP) is 3.53. The van der Waals surface area contributed by atoms with Crippen molar-refractivity contribution in [3.8, 4) is 0 Å². The van der Waals surface area contributed by atoms with E-state index in [0.717, 1.165) is 22.3 Å². The Kier molecular flexibility index (Phi) is 5.23. The Labute approximate surface area is 149 Å². The molecule has 2 aromatic carbocycles. The van der Waals surface area contributed by atoms with E-state index in [4.69, 9.17) is 0 Å². The van der Waals surface area contributed by atoms with Gasteiger partial charge in [-0.3, -0.25) is 4.31 Å². The highest BCUT2D eigenvalue weighted by molar-refractivity contribution is 7.92. The number of anilines is 1. The van der Waals surface area contributed by atoms with Gasteiger partial charge in [-0.15, -0.1) is 0 Å². The summed E-state index contributed by atoms with van der Waals surface area (Å²) in [5.74, 6) is -0.460. The summed E-state index contributed by atoms with van der Waals surface area (Å²) in [5.41, 5.74) is 4.23. The molecule has 5 nitrogen and oxygen atoms in total. The second kappa shape index (κ2) is 6.88. The molecule has 25 heavy (non-hydrogen) atoms. The number of benzene rings is 2. The third-order valence-corrected chi connectivity index (χ3v) is 6.63. The van der Waals surface area contributed by atoms with Gasteiger partial charge in [0.2, 0.25) is 0 Å². The van der Waals surface area contributed by atoms with E-state index in [-0.39, 0.29) is 0 Å². The number of methoxy groups -OCH3 is 1. The fraction of sp³-hybridized carbons (Fsp3) is 0.316. The molecule has 134 valence electrons. The highest BCUT2D eigenvalue weighted by Gasteiger charge is 2.27. The number of esters is 1. The van der Waals surface area contributed by atoms with Crippen molar-refractivity contribution in [2.24, 2.45) is 0 Å². The largest absolute Gasteiger partial charge is 0.465 e. The van der Waals surface area contributed by atoms with Gasteiger partial charge >= 0.3 is 5.97 Å². The second-order valence-corrected chi connectivity index (χ2v) is 8.01. The number of carbonyl (C=O) groups excluding carboxylic acids is 1. The smallest absolute Gasteiger partial charge is 0.337 e. The van der Waals surface area contributed by atoms with E-state index in [1.165, 1.54) is 18.5 Å². The van der Waals surface area contributed by atoms with E-state index in [2.05, 4.69) is 4.74 Å². The zero-order chi connectivity index (χ0) is 18.9. The lowest BCUT2D eigenvalue weighted by Crippen LogP contribution is -2.28. The van der Waals surface area contributed by atoms with Crippen molar-refractivity contribution in [3.05, 3.63) is 58.1 Å². The highest BCUT2D eigenvalue weighted by atomic mass is 32.2. The predicted molar refractivity (Wildman–Crippen MR) is 98.8 cm³/mol. The van der Waals surface area contributed by atoms with Crippen LogP contribution >= 0.6 is 0 Å². The number of nitrogens with zero attached hydrogens (tertiary/aromatic N) is 1. The van der Waals surface area contributed by atoms with Crippen LogP contribution in [-0.4, -0.2) is 28.5 Å². The molecule has 0 atom stereocenters. The molecule has 0 fully saturated rings. The molecule has 0 N–H and O–H groups in total. The van der Waals surface area contributed by atoms with Crippen LogP contribution in [0.4, 0.5) is 5.69 Å². The topological polar surface area (TPSA) is 63.7 Å². The molecule has 6 heteroatoms. The normalized spacial score (nSPS) is 11.3. The Morgan fingerprint density at radius 3 is 1.88 bits per heavy atom. The maximum absolute atomic E-state index is 13.2. The molecule has 0 aliphatic rings. The SMILES string of the molecule is COC(=O)c1ccc(N(C)S(=O)(=O)c2c(C)c(C)cc(C)c2C)cc1. The molecule has 0 aliphatic carbocycles. The quantitative estimate of drug-likeness (QED) is 0.782. The van der Waals surface area contributed by atoms with E-state index < -0.39 is 16.0 Å². The molecule has 0 aromatic heterocycles. The Balaban J connectivity index is 2.52. The van der Waals surface area contributed by atoms with E-state index >= 15 is 0 Å². The summed E-state index contributed by atoms with van der Waals surface area (Å²) in [7, 11) is -0.903. The van der Waals surface area contributed by atoms with Crippen molar-refractivity contribution in [1.82, 2.24) is 0 Å². The van der Waals surface area contributed by atoms with Crippen LogP contribution in [0.2, 0.25) is 0 Å². The molecule has 0 heterocycles. The number of sulfonamides is 1. The molecule has 0 spiro atoms. The van der Waals surface area contributed by atoms with Crippen LogP contribution in [0.25, 0.3) is 0 Å². The maximum atomic E-state index is 13.2. The van der Waals surface area contributed by atoms with Gasteiger partial charge in [0.1, 0.15) is 0 Å². The lowest BCUT2D eigenvalue weighted by Gasteiger charge is -2.23. The first kappa shape index (κ1) is 19.0. The van der Waals surface area contributed by atoms with Gasteiger partial charge in [-0.05, 0) is 74.2 Å². The fourth-order valence-electron chi connectivity index (χ4n) is 2.77. The molecule has 0 aliphatic heterocycles. The second-order valence-electron chi connectivity index (χ2n) is 6.10. The molecule has 0 amide bonds. The Morgan fingerprint density at radius 2 is 1.44 bits per heavy atom. The summed E-state index contributed by atoms with van der Waals surface area (Å²) in [6.45, 7) is 7.46. The number of ether oxygens (including phenoxy) is 1. The van der Waals surface area contributed by atoms with Crippen molar-refractivity contribution in [1.29, 1.82) is 0 Å². The van der Waals surface area contributed by atoms with Crippen molar-refractivity contribution in [2.45, 2.75) is 32.6 Å². The zero-order valence-electron chi connectivity index (χ0n) is 15.4. The van der Waals surface area contributed by atoms with E-state index in [1.54, 1.807) is 24.3 Å². The summed E-state index contributed by atoms with van der Waals surface area (Å²) in [6.07, 6.45) is 0. The maximum Gasteiger partial charge on any atom is 0.337 e. The van der Waals surface area contributed by atoms with Gasteiger partial charge in [-0.2, -0.15) is 0 Å². The Morgan fingerprint density at radius 1 is 0.960 bits per heavy atom. The van der Waals surface area contributed by atoms with Gasteiger partial charge in [0.05, 0.1) is 23.3 Å². The van der Waals surface area contributed by atoms with Gasteiger partial charge in [-0.25, -0.2) is 13.2 Å². The van der Waals surface area contributed by atoms with Gasteiger partial charge in [0.15, 0.2) is 0 Å². The van der Waals surface area contributed by atoms with Gasteiger partial charge in [0, 0.05) is 7.05 Å². The number of rotatable bonds is 4. The molecule has 0 bridgehead atoms. The lowest BCUT2D eigenvalue weighted by atomic mass is 10.0. The number of hydrogen-bond donors (Lipinski definition) is 0.